The minimum Gasteiger partial charge on any atom is -0.351 e. The van der Waals surface area contributed by atoms with Crippen molar-refractivity contribution >= 4 is 28.5 Å². The average molecular weight is 404 g/mol. The second-order valence-electron chi connectivity index (χ2n) is 8.27. The summed E-state index contributed by atoms with van der Waals surface area (Å²) in [7, 11) is 0. The van der Waals surface area contributed by atoms with Crippen molar-refractivity contribution in [3.63, 3.8) is 0 Å². The summed E-state index contributed by atoms with van der Waals surface area (Å²) in [5.74, 6) is 0.643. The number of amides is 1. The molecular formula is C21H24N8O. The lowest BCUT2D eigenvalue weighted by molar-refractivity contribution is -0.121. The molecule has 0 saturated heterocycles. The van der Waals surface area contributed by atoms with Crippen LogP contribution in [-0.4, -0.2) is 47.0 Å². The predicted molar refractivity (Wildman–Crippen MR) is 114 cm³/mol. The minimum atomic E-state index is -0.119. The molecule has 0 bridgehead atoms. The van der Waals surface area contributed by atoms with E-state index in [4.69, 9.17) is 0 Å². The lowest BCUT2D eigenvalue weighted by atomic mass is 9.81. The van der Waals surface area contributed by atoms with Crippen molar-refractivity contribution < 1.29 is 4.79 Å². The van der Waals surface area contributed by atoms with E-state index in [9.17, 15) is 4.79 Å². The maximum atomic E-state index is 11.4. The Hall–Kier alpha value is -3.49. The molecule has 1 saturated carbocycles. The third-order valence-electron chi connectivity index (χ3n) is 5.86. The minimum absolute atomic E-state index is 0.0296. The van der Waals surface area contributed by atoms with Crippen LogP contribution in [0.3, 0.4) is 0 Å². The standard InChI is InChI=1S/C21H24N8O/c1-13(30)27-21(2)7-5-14(6-8-21)25-20-24-12-16-15(11-23-19(16)26-20)17-3-4-18-22-9-10-29(18)28-17/h3-4,9-12,14H,5-8H2,1-2H3,(H,27,30)(H2,23,24,25,26)/t14-,21-. The van der Waals surface area contributed by atoms with Crippen LogP contribution in [0, 0.1) is 0 Å². The van der Waals surface area contributed by atoms with Gasteiger partial charge in [0.25, 0.3) is 0 Å². The van der Waals surface area contributed by atoms with Gasteiger partial charge in [0.1, 0.15) is 5.65 Å². The van der Waals surface area contributed by atoms with Crippen LogP contribution < -0.4 is 10.6 Å². The SMILES string of the molecule is CC(=O)N[C@]1(C)CC[C@@H](Nc2ncc3c(-c4ccc5nccn5n4)c[nH]c3n2)CC1. The fourth-order valence-electron chi connectivity index (χ4n) is 4.28. The van der Waals surface area contributed by atoms with Gasteiger partial charge < -0.3 is 15.6 Å². The van der Waals surface area contributed by atoms with Crippen molar-refractivity contribution in [1.82, 2.24) is 34.9 Å². The summed E-state index contributed by atoms with van der Waals surface area (Å²) < 4.78 is 1.75. The van der Waals surface area contributed by atoms with Crippen molar-refractivity contribution in [2.24, 2.45) is 0 Å². The highest BCUT2D eigenvalue weighted by Crippen LogP contribution is 2.30. The third-order valence-corrected chi connectivity index (χ3v) is 5.86. The number of hydrogen-bond acceptors (Lipinski definition) is 6. The molecule has 0 aliphatic heterocycles. The molecule has 4 heterocycles. The molecule has 4 aromatic heterocycles. The first-order valence-corrected chi connectivity index (χ1v) is 10.2. The molecule has 0 aromatic carbocycles. The van der Waals surface area contributed by atoms with Gasteiger partial charge in [0.05, 0.1) is 5.69 Å². The smallest absolute Gasteiger partial charge is 0.224 e. The van der Waals surface area contributed by atoms with E-state index in [2.05, 4.69) is 42.6 Å². The number of aromatic amines is 1. The number of carbonyl (C=O) groups is 1. The fraction of sp³-hybridized carbons (Fsp3) is 0.381. The molecule has 5 rings (SSSR count). The summed E-state index contributed by atoms with van der Waals surface area (Å²) in [5, 5.41) is 12.1. The Kier molecular flexibility index (Phi) is 4.38. The van der Waals surface area contributed by atoms with Gasteiger partial charge in [-0.1, -0.05) is 0 Å². The number of nitrogens with zero attached hydrogens (tertiary/aromatic N) is 5. The van der Waals surface area contributed by atoms with Crippen LogP contribution in [-0.2, 0) is 4.79 Å². The van der Waals surface area contributed by atoms with E-state index in [-0.39, 0.29) is 11.4 Å². The number of hydrogen-bond donors (Lipinski definition) is 3. The average Bonchev–Trinajstić information content (AvgIpc) is 3.35. The molecule has 0 spiro atoms. The maximum absolute atomic E-state index is 11.4. The van der Waals surface area contributed by atoms with Gasteiger partial charge in [-0.3, -0.25) is 4.79 Å². The summed E-state index contributed by atoms with van der Waals surface area (Å²) in [4.78, 5) is 28.1. The first-order valence-electron chi connectivity index (χ1n) is 10.2. The van der Waals surface area contributed by atoms with Crippen LogP contribution in [0.25, 0.3) is 27.9 Å². The Morgan fingerprint density at radius 3 is 2.90 bits per heavy atom. The van der Waals surface area contributed by atoms with E-state index < -0.39 is 0 Å². The van der Waals surface area contributed by atoms with Crippen molar-refractivity contribution in [3.8, 4) is 11.3 Å². The predicted octanol–water partition coefficient (Wildman–Crippen LogP) is 2.92. The van der Waals surface area contributed by atoms with Crippen LogP contribution in [0.1, 0.15) is 39.5 Å². The quantitative estimate of drug-likeness (QED) is 0.482. The van der Waals surface area contributed by atoms with Crippen molar-refractivity contribution in [2.45, 2.75) is 51.1 Å². The Labute approximate surface area is 173 Å². The molecule has 0 atom stereocenters. The molecule has 0 radical (unpaired) electrons. The number of imidazole rings is 1. The summed E-state index contributed by atoms with van der Waals surface area (Å²) in [6.07, 6.45) is 11.1. The molecule has 4 aromatic rings. The molecule has 1 amide bonds. The van der Waals surface area contributed by atoms with Crippen LogP contribution in [0.4, 0.5) is 5.95 Å². The first kappa shape index (κ1) is 18.5. The highest BCUT2D eigenvalue weighted by atomic mass is 16.1. The van der Waals surface area contributed by atoms with Gasteiger partial charge in [0.15, 0.2) is 5.65 Å². The number of carbonyl (C=O) groups excluding carboxylic acids is 1. The number of anilines is 1. The van der Waals surface area contributed by atoms with Gasteiger partial charge in [-0.2, -0.15) is 10.1 Å². The molecule has 154 valence electrons. The number of rotatable bonds is 4. The van der Waals surface area contributed by atoms with Gasteiger partial charge in [0.2, 0.25) is 11.9 Å². The molecule has 1 fully saturated rings. The lowest BCUT2D eigenvalue weighted by Crippen LogP contribution is -2.49. The topological polar surface area (TPSA) is 113 Å². The van der Waals surface area contributed by atoms with Gasteiger partial charge in [-0.25, -0.2) is 14.5 Å². The summed E-state index contributed by atoms with van der Waals surface area (Å²) >= 11 is 0. The van der Waals surface area contributed by atoms with E-state index in [1.54, 1.807) is 17.6 Å². The Balaban J connectivity index is 1.32. The number of nitrogens with one attached hydrogen (secondary N) is 3. The van der Waals surface area contributed by atoms with E-state index in [1.807, 2.05) is 30.7 Å². The van der Waals surface area contributed by atoms with Crippen molar-refractivity contribution in [1.29, 1.82) is 0 Å². The zero-order chi connectivity index (χ0) is 20.7. The highest BCUT2D eigenvalue weighted by molar-refractivity contribution is 5.92. The molecular weight excluding hydrogens is 380 g/mol. The number of aromatic nitrogens is 6. The Morgan fingerprint density at radius 1 is 1.27 bits per heavy atom. The summed E-state index contributed by atoms with van der Waals surface area (Å²) in [6.45, 7) is 3.69. The number of fused-ring (bicyclic) bond motifs is 2. The normalized spacial score (nSPS) is 21.7. The van der Waals surface area contributed by atoms with E-state index in [0.29, 0.717) is 12.0 Å². The molecule has 30 heavy (non-hydrogen) atoms. The maximum Gasteiger partial charge on any atom is 0.224 e. The van der Waals surface area contributed by atoms with Crippen LogP contribution >= 0.6 is 0 Å². The third kappa shape index (κ3) is 3.47. The molecule has 9 nitrogen and oxygen atoms in total. The molecule has 9 heteroatoms. The molecule has 1 aliphatic rings. The van der Waals surface area contributed by atoms with Crippen molar-refractivity contribution in [3.05, 3.63) is 36.9 Å². The van der Waals surface area contributed by atoms with Gasteiger partial charge in [-0.15, -0.1) is 0 Å². The lowest BCUT2D eigenvalue weighted by Gasteiger charge is -2.38. The van der Waals surface area contributed by atoms with Gasteiger partial charge in [-0.05, 0) is 44.7 Å². The van der Waals surface area contributed by atoms with Gasteiger partial charge >= 0.3 is 0 Å². The zero-order valence-corrected chi connectivity index (χ0v) is 17.0. The van der Waals surface area contributed by atoms with Crippen LogP contribution in [0.2, 0.25) is 0 Å². The fourth-order valence-corrected chi connectivity index (χ4v) is 4.28. The summed E-state index contributed by atoms with van der Waals surface area (Å²) in [6, 6.07) is 4.19. The highest BCUT2D eigenvalue weighted by Gasteiger charge is 2.31. The Bertz CT molecular complexity index is 1220. The summed E-state index contributed by atoms with van der Waals surface area (Å²) in [5.41, 5.74) is 3.25. The van der Waals surface area contributed by atoms with Crippen LogP contribution in [0.5, 0.6) is 0 Å². The molecule has 3 N–H and O–H groups in total. The first-order chi connectivity index (χ1) is 14.5. The second-order valence-corrected chi connectivity index (χ2v) is 8.27. The van der Waals surface area contributed by atoms with Crippen molar-refractivity contribution in [2.75, 3.05) is 5.32 Å². The van der Waals surface area contributed by atoms with E-state index in [1.165, 1.54) is 0 Å². The van der Waals surface area contributed by atoms with Crippen LogP contribution in [0.15, 0.2) is 36.9 Å². The number of H-pyrrole nitrogens is 1. The Morgan fingerprint density at radius 2 is 2.10 bits per heavy atom. The largest absolute Gasteiger partial charge is 0.351 e. The zero-order valence-electron chi connectivity index (χ0n) is 17.0. The van der Waals surface area contributed by atoms with E-state index >= 15 is 0 Å². The van der Waals surface area contributed by atoms with Gasteiger partial charge in [0, 0.05) is 54.2 Å². The van der Waals surface area contributed by atoms with E-state index in [0.717, 1.165) is 53.6 Å². The second kappa shape index (κ2) is 7.08. The molecule has 1 aliphatic carbocycles. The molecule has 0 unspecified atom stereocenters. The monoisotopic (exact) mass is 404 g/mol.